The van der Waals surface area contributed by atoms with Crippen molar-refractivity contribution in [3.05, 3.63) is 105 Å². The van der Waals surface area contributed by atoms with Crippen molar-refractivity contribution in [2.24, 2.45) is 0 Å². The molecule has 1 aromatic heterocycles. The quantitative estimate of drug-likeness (QED) is 0.378. The van der Waals surface area contributed by atoms with Gasteiger partial charge in [0.05, 0.1) is 22.0 Å². The van der Waals surface area contributed by atoms with Gasteiger partial charge >= 0.3 is 0 Å². The highest BCUT2D eigenvalue weighted by atomic mass is 16.6. The van der Waals surface area contributed by atoms with Gasteiger partial charge in [-0.1, -0.05) is 36.4 Å². The molecule has 0 unspecified atom stereocenters. The summed E-state index contributed by atoms with van der Waals surface area (Å²) in [6.45, 7) is 0. The van der Waals surface area contributed by atoms with Crippen LogP contribution in [0.15, 0.2) is 89.7 Å². The molecule has 30 heavy (non-hydrogen) atoms. The first-order valence-electron chi connectivity index (χ1n) is 8.98. The molecular formula is C21H16N5O4-. The first-order valence-corrected chi connectivity index (χ1v) is 8.98. The third-order valence-corrected chi connectivity index (χ3v) is 4.42. The molecule has 9 heteroatoms. The van der Waals surface area contributed by atoms with Crippen molar-refractivity contribution in [3.8, 4) is 17.3 Å². The average molecular weight is 402 g/mol. The second-order valence-electron chi connectivity index (χ2n) is 6.33. The fourth-order valence-corrected chi connectivity index (χ4v) is 3.00. The van der Waals surface area contributed by atoms with Crippen molar-refractivity contribution in [2.45, 2.75) is 0 Å². The van der Waals surface area contributed by atoms with Crippen LogP contribution in [-0.4, -0.2) is 14.3 Å². The molecule has 0 saturated heterocycles. The summed E-state index contributed by atoms with van der Waals surface area (Å²) in [7, 11) is 0. The summed E-state index contributed by atoms with van der Waals surface area (Å²) >= 11 is 0. The Morgan fingerprint density at radius 2 is 1.27 bits per heavy atom. The minimum Gasteiger partial charge on any atom is -0.857 e. The fourth-order valence-electron chi connectivity index (χ4n) is 3.00. The maximum Gasteiger partial charge on any atom is 0.296 e. The van der Waals surface area contributed by atoms with Gasteiger partial charge in [0.2, 0.25) is 0 Å². The van der Waals surface area contributed by atoms with Gasteiger partial charge in [-0.05, 0) is 36.4 Å². The third-order valence-electron chi connectivity index (χ3n) is 4.42. The third kappa shape index (κ3) is 3.47. The lowest BCUT2D eigenvalue weighted by atomic mass is 10.3. The van der Waals surface area contributed by atoms with Gasteiger partial charge < -0.3 is 10.5 Å². The Bertz CT molecular complexity index is 1230. The number of hydrogen-bond donors (Lipinski definition) is 2. The predicted molar refractivity (Wildman–Crippen MR) is 111 cm³/mol. The Hall–Kier alpha value is -4.53. The first-order chi connectivity index (χ1) is 14.6. The van der Waals surface area contributed by atoms with E-state index in [1.807, 2.05) is 12.1 Å². The number of rotatable bonds is 6. The number of nitro benzene ring substituents is 1. The van der Waals surface area contributed by atoms with Crippen LogP contribution in [0.1, 0.15) is 0 Å². The maximum atomic E-state index is 13.1. The number of hydrogen-bond acceptors (Lipinski definition) is 6. The second kappa shape index (κ2) is 7.84. The largest absolute Gasteiger partial charge is 0.857 e. The highest BCUT2D eigenvalue weighted by Gasteiger charge is 2.17. The molecule has 2 N–H and O–H groups in total. The zero-order valence-electron chi connectivity index (χ0n) is 15.6. The van der Waals surface area contributed by atoms with Gasteiger partial charge in [0.15, 0.2) is 0 Å². The molecule has 150 valence electrons. The van der Waals surface area contributed by atoms with Crippen LogP contribution in [-0.2, 0) is 0 Å². The number of aromatic nitrogens is 2. The Kier molecular flexibility index (Phi) is 4.92. The Balaban J connectivity index is 1.75. The monoisotopic (exact) mass is 402 g/mol. The molecule has 3 aromatic carbocycles. The van der Waals surface area contributed by atoms with E-state index < -0.39 is 16.4 Å². The van der Waals surface area contributed by atoms with Gasteiger partial charge in [-0.15, -0.1) is 0 Å². The lowest BCUT2D eigenvalue weighted by Gasteiger charge is -2.18. The minimum absolute atomic E-state index is 0.0632. The number of nitrogens with one attached hydrogen (secondary N) is 2. The molecule has 0 spiro atoms. The number of nitro groups is 1. The maximum absolute atomic E-state index is 13.1. The summed E-state index contributed by atoms with van der Waals surface area (Å²) in [5.74, 6) is -0.538. The van der Waals surface area contributed by atoms with Crippen molar-refractivity contribution < 1.29 is 10.0 Å². The van der Waals surface area contributed by atoms with E-state index in [0.29, 0.717) is 17.1 Å². The molecule has 0 aliphatic rings. The van der Waals surface area contributed by atoms with E-state index in [2.05, 4.69) is 10.9 Å². The van der Waals surface area contributed by atoms with E-state index in [1.165, 1.54) is 33.6 Å². The second-order valence-corrected chi connectivity index (χ2v) is 6.33. The van der Waals surface area contributed by atoms with Gasteiger partial charge in [-0.25, -0.2) is 4.68 Å². The lowest BCUT2D eigenvalue weighted by Crippen LogP contribution is -2.22. The summed E-state index contributed by atoms with van der Waals surface area (Å²) in [4.78, 5) is 23.4. The molecule has 0 saturated carbocycles. The predicted octanol–water partition coefficient (Wildman–Crippen LogP) is 3.05. The SMILES string of the molecule is O=c1c(NNc2ccc([N+](=O)[O-])cc2)c([O-])n(-c2ccccc2)n1-c1ccccc1. The van der Waals surface area contributed by atoms with E-state index in [0.717, 1.165) is 0 Å². The molecule has 0 aliphatic heterocycles. The number of non-ortho nitro benzene ring substituents is 1. The van der Waals surface area contributed by atoms with E-state index in [4.69, 9.17) is 0 Å². The summed E-state index contributed by atoms with van der Waals surface area (Å²) in [5, 5.41) is 23.9. The molecule has 0 aliphatic carbocycles. The Morgan fingerprint density at radius 1 is 0.733 bits per heavy atom. The molecule has 0 amide bonds. The molecule has 1 heterocycles. The van der Waals surface area contributed by atoms with Gasteiger partial charge in [0, 0.05) is 18.0 Å². The van der Waals surface area contributed by atoms with Crippen LogP contribution in [0, 0.1) is 10.1 Å². The Morgan fingerprint density at radius 3 is 1.80 bits per heavy atom. The number of anilines is 2. The number of nitrogens with zero attached hydrogens (tertiary/aromatic N) is 3. The molecule has 4 aromatic rings. The topological polar surface area (TPSA) is 117 Å². The van der Waals surface area contributed by atoms with Crippen LogP contribution in [0.2, 0.25) is 0 Å². The van der Waals surface area contributed by atoms with E-state index in [-0.39, 0.29) is 11.4 Å². The van der Waals surface area contributed by atoms with Crippen LogP contribution >= 0.6 is 0 Å². The normalized spacial score (nSPS) is 10.5. The van der Waals surface area contributed by atoms with Crippen molar-refractivity contribution in [3.63, 3.8) is 0 Å². The standard InChI is InChI=1S/C21H17N5O4/c27-20-19(23-22-15-11-13-18(14-12-15)26(29)30)21(28)25(17-9-5-2-6-10-17)24(20)16-7-3-1-4-8-16/h1-14,22-23,27H/p-1. The zero-order chi connectivity index (χ0) is 21.1. The van der Waals surface area contributed by atoms with Gasteiger partial charge in [-0.2, -0.15) is 0 Å². The molecule has 0 fully saturated rings. The number of para-hydroxylation sites is 2. The smallest absolute Gasteiger partial charge is 0.296 e. The van der Waals surface area contributed by atoms with Gasteiger partial charge in [0.1, 0.15) is 5.69 Å². The molecule has 0 bridgehead atoms. The van der Waals surface area contributed by atoms with Crippen LogP contribution in [0.3, 0.4) is 0 Å². The van der Waals surface area contributed by atoms with E-state index in [1.54, 1.807) is 48.5 Å². The fraction of sp³-hybridized carbons (Fsp3) is 0. The number of benzene rings is 3. The Labute approximate surface area is 170 Å². The van der Waals surface area contributed by atoms with Crippen LogP contribution < -0.4 is 21.5 Å². The highest BCUT2D eigenvalue weighted by Crippen LogP contribution is 2.24. The van der Waals surface area contributed by atoms with Crippen LogP contribution in [0.25, 0.3) is 11.4 Å². The van der Waals surface area contributed by atoms with E-state index >= 15 is 0 Å². The lowest BCUT2D eigenvalue weighted by molar-refractivity contribution is -0.384. The highest BCUT2D eigenvalue weighted by molar-refractivity contribution is 5.60. The summed E-state index contributed by atoms with van der Waals surface area (Å²) in [6, 6.07) is 23.2. The van der Waals surface area contributed by atoms with Crippen LogP contribution in [0.4, 0.5) is 17.1 Å². The van der Waals surface area contributed by atoms with E-state index in [9.17, 15) is 20.0 Å². The number of hydrazine groups is 1. The summed E-state index contributed by atoms with van der Waals surface area (Å²) in [6.07, 6.45) is 0. The average Bonchev–Trinajstić information content (AvgIpc) is 3.03. The molecular weight excluding hydrogens is 386 g/mol. The first kappa shape index (κ1) is 18.8. The van der Waals surface area contributed by atoms with Crippen molar-refractivity contribution in [1.29, 1.82) is 0 Å². The van der Waals surface area contributed by atoms with Crippen molar-refractivity contribution >= 4 is 17.1 Å². The summed E-state index contributed by atoms with van der Waals surface area (Å²) < 4.78 is 2.58. The van der Waals surface area contributed by atoms with Crippen molar-refractivity contribution in [1.82, 2.24) is 9.36 Å². The van der Waals surface area contributed by atoms with Gasteiger partial charge in [0.25, 0.3) is 11.2 Å². The molecule has 9 nitrogen and oxygen atoms in total. The summed E-state index contributed by atoms with van der Waals surface area (Å²) in [5.41, 5.74) is 6.16. The minimum atomic E-state index is -0.538. The zero-order valence-corrected chi connectivity index (χ0v) is 15.6. The molecule has 4 rings (SSSR count). The van der Waals surface area contributed by atoms with Crippen molar-refractivity contribution in [2.75, 3.05) is 10.9 Å². The van der Waals surface area contributed by atoms with Gasteiger partial charge in [-0.3, -0.25) is 25.0 Å². The molecule has 0 radical (unpaired) electrons. The van der Waals surface area contributed by atoms with Crippen LogP contribution in [0.5, 0.6) is 5.88 Å². The molecule has 0 atom stereocenters.